The maximum absolute atomic E-state index is 14.3. The second-order valence-electron chi connectivity index (χ2n) is 12.8. The van der Waals surface area contributed by atoms with E-state index in [0.29, 0.717) is 32.4 Å². The van der Waals surface area contributed by atoms with Crippen LogP contribution in [0.4, 0.5) is 8.78 Å². The van der Waals surface area contributed by atoms with Gasteiger partial charge in [0.15, 0.2) is 0 Å². The van der Waals surface area contributed by atoms with E-state index in [1.807, 2.05) is 30.3 Å². The molecule has 49 heavy (non-hydrogen) atoms. The van der Waals surface area contributed by atoms with E-state index in [9.17, 15) is 32.5 Å². The van der Waals surface area contributed by atoms with Crippen LogP contribution in [0.5, 0.6) is 0 Å². The molecule has 5 atom stereocenters. The second-order valence-corrected chi connectivity index (χ2v) is 14.4. The molecule has 258 valence electrons. The summed E-state index contributed by atoms with van der Waals surface area (Å²) < 4.78 is 40.1. The largest absolute Gasteiger partial charge is 0.399 e. The predicted molar refractivity (Wildman–Crippen MR) is 172 cm³/mol. The van der Waals surface area contributed by atoms with Crippen molar-refractivity contribution < 1.29 is 42.3 Å². The third-order valence-electron chi connectivity index (χ3n) is 9.80. The highest BCUT2D eigenvalue weighted by molar-refractivity contribution is 7.52. The van der Waals surface area contributed by atoms with Gasteiger partial charge in [0.2, 0.25) is 23.8 Å². The molecule has 0 aliphatic carbocycles. The van der Waals surface area contributed by atoms with Crippen molar-refractivity contribution in [3.63, 3.8) is 0 Å². The Morgan fingerprint density at radius 3 is 2.43 bits per heavy atom. The van der Waals surface area contributed by atoms with Gasteiger partial charge in [0.25, 0.3) is 5.91 Å². The maximum Gasteiger partial charge on any atom is 0.399 e. The Hall–Kier alpha value is -4.64. The van der Waals surface area contributed by atoms with E-state index in [-0.39, 0.29) is 53.5 Å². The first-order valence-electron chi connectivity index (χ1n) is 15.8. The molecule has 2 aromatic carbocycles. The number of nitrogens with one attached hydrogen (secondary N) is 2. The maximum atomic E-state index is 14.3. The Labute approximate surface area is 280 Å². The number of carbonyl (C=O) groups excluding carboxylic acids is 4. The minimum Gasteiger partial charge on any atom is -0.351 e. The number of aromatic nitrogens is 1. The van der Waals surface area contributed by atoms with Gasteiger partial charge >= 0.3 is 13.3 Å². The van der Waals surface area contributed by atoms with Gasteiger partial charge in [-0.15, -0.1) is 0 Å². The van der Waals surface area contributed by atoms with E-state index < -0.39 is 48.8 Å². The number of carbonyl (C=O) groups is 4. The molecule has 0 bridgehead atoms. The Kier molecular flexibility index (Phi) is 9.08. The number of aromatic amines is 1. The average Bonchev–Trinajstić information content (AvgIpc) is 3.81. The van der Waals surface area contributed by atoms with Crippen molar-refractivity contribution in [1.82, 2.24) is 25.0 Å². The van der Waals surface area contributed by atoms with Gasteiger partial charge in [-0.3, -0.25) is 23.7 Å². The van der Waals surface area contributed by atoms with Crippen molar-refractivity contribution in [2.75, 3.05) is 26.2 Å². The van der Waals surface area contributed by atoms with Gasteiger partial charge in [-0.25, -0.2) is 6.57 Å². The Morgan fingerprint density at radius 2 is 1.76 bits per heavy atom. The van der Waals surface area contributed by atoms with Crippen LogP contribution >= 0.6 is 7.60 Å². The zero-order valence-corrected chi connectivity index (χ0v) is 27.4. The summed E-state index contributed by atoms with van der Waals surface area (Å²) in [6.07, 6.45) is 1.34. The number of hydrogen-bond acceptors (Lipinski definition) is 5. The number of H-pyrrole nitrogens is 1. The van der Waals surface area contributed by atoms with Crippen molar-refractivity contribution in [2.45, 2.75) is 61.9 Å². The average molecular weight is 697 g/mol. The van der Waals surface area contributed by atoms with Crippen molar-refractivity contribution in [2.24, 2.45) is 0 Å². The van der Waals surface area contributed by atoms with Crippen LogP contribution in [0.15, 0.2) is 54.6 Å². The van der Waals surface area contributed by atoms with Crippen molar-refractivity contribution in [3.8, 4) is 0 Å². The van der Waals surface area contributed by atoms with Gasteiger partial charge < -0.3 is 39.6 Å². The number of alkyl halides is 2. The highest BCUT2D eigenvalue weighted by atomic mass is 31.2. The summed E-state index contributed by atoms with van der Waals surface area (Å²) in [7, 11) is -5.82. The van der Waals surface area contributed by atoms with Crippen LogP contribution in [0, 0.1) is 6.57 Å². The number of halogens is 2. The van der Waals surface area contributed by atoms with E-state index >= 15 is 0 Å². The number of rotatable bonds is 6. The predicted octanol–water partition coefficient (Wildman–Crippen LogP) is 3.02. The molecular weight excluding hydrogens is 661 g/mol. The van der Waals surface area contributed by atoms with Gasteiger partial charge in [0, 0.05) is 49.1 Å². The van der Waals surface area contributed by atoms with Crippen molar-refractivity contribution >= 4 is 42.1 Å². The van der Waals surface area contributed by atoms with Crippen LogP contribution in [-0.4, -0.2) is 103 Å². The Morgan fingerprint density at radius 1 is 1.02 bits per heavy atom. The van der Waals surface area contributed by atoms with E-state index in [1.165, 1.54) is 22.8 Å². The molecule has 0 unspecified atom stereocenters. The zero-order chi connectivity index (χ0) is 35.2. The summed E-state index contributed by atoms with van der Waals surface area (Å²) in [5.41, 5.74) is -4.31. The molecule has 1 aromatic heterocycles. The Balaban J connectivity index is 1.24. The first-order valence-corrected chi connectivity index (χ1v) is 17.5. The van der Waals surface area contributed by atoms with Crippen LogP contribution < -0.4 is 5.32 Å². The highest BCUT2D eigenvalue weighted by Crippen LogP contribution is 2.59. The SMILES string of the molecule is [C-]#[N+][C@H]1CN(C(=O)[C@@H]2CC[C@@H]3CCN(C(C)=O)C[C@H](NC(=O)c4cc5cc(C(F)(F)P(=O)(O)O)ccc5[nH]4)C(=O)N32)C[C@@H]1c1ccccc1. The summed E-state index contributed by atoms with van der Waals surface area (Å²) in [6, 6.07) is 10.7. The summed E-state index contributed by atoms with van der Waals surface area (Å²) in [4.78, 5) is 83.7. The molecule has 16 heteroatoms. The lowest BCUT2D eigenvalue weighted by Crippen LogP contribution is -2.61. The highest BCUT2D eigenvalue weighted by Gasteiger charge is 2.51. The Bertz CT molecular complexity index is 1890. The molecule has 3 aliphatic heterocycles. The molecular formula is C33H35F2N6O7P. The topological polar surface area (TPSA) is 168 Å². The van der Waals surface area contributed by atoms with Gasteiger partial charge in [-0.2, -0.15) is 8.78 Å². The fourth-order valence-corrected chi connectivity index (χ4v) is 7.67. The molecule has 3 fully saturated rings. The number of hydrogen-bond donors (Lipinski definition) is 4. The van der Waals surface area contributed by atoms with Crippen molar-refractivity contribution in [1.29, 1.82) is 0 Å². The fraction of sp³-hybridized carbons (Fsp3) is 0.424. The number of fused-ring (bicyclic) bond motifs is 2. The standard InChI is InChI=1S/C33H35F2N6O7P/c1-19(42)39-13-12-23-9-11-29(32(45)40-16-24(27(17-40)36-2)20-6-4-3-5-7-20)41(23)31(44)28(18-39)38-30(43)26-15-21-14-22(8-10-25(21)37-26)33(34,35)49(46,47)48/h3-8,10,14-15,23-24,27-29,37H,9,11-13,16-18H2,1H3,(H,38,43)(H2,46,47,48)/t23-,24-,27+,28+,29+/m1/s1. The van der Waals surface area contributed by atoms with Crippen LogP contribution in [0.1, 0.15) is 53.7 Å². The molecule has 6 rings (SSSR count). The molecule has 3 saturated heterocycles. The van der Waals surface area contributed by atoms with Gasteiger partial charge in [-0.05, 0) is 43.0 Å². The lowest BCUT2D eigenvalue weighted by Gasteiger charge is -2.39. The number of benzene rings is 2. The summed E-state index contributed by atoms with van der Waals surface area (Å²) >= 11 is 0. The summed E-state index contributed by atoms with van der Waals surface area (Å²) in [6.45, 7) is 9.79. The molecule has 13 nitrogen and oxygen atoms in total. The number of nitrogens with zero attached hydrogens (tertiary/aromatic N) is 4. The molecule has 4 heterocycles. The first kappa shape index (κ1) is 34.2. The molecule has 3 aromatic rings. The molecule has 4 N–H and O–H groups in total. The summed E-state index contributed by atoms with van der Waals surface area (Å²) in [5, 5.41) is 2.74. The van der Waals surface area contributed by atoms with Crippen molar-refractivity contribution in [3.05, 3.63) is 82.8 Å². The molecule has 0 saturated carbocycles. The van der Waals surface area contributed by atoms with E-state index in [0.717, 1.165) is 23.8 Å². The third-order valence-corrected chi connectivity index (χ3v) is 10.8. The molecule has 0 spiro atoms. The van der Waals surface area contributed by atoms with E-state index in [2.05, 4.69) is 15.1 Å². The van der Waals surface area contributed by atoms with Crippen LogP contribution in [0.3, 0.4) is 0 Å². The summed E-state index contributed by atoms with van der Waals surface area (Å²) in [5.74, 6) is -2.07. The first-order chi connectivity index (χ1) is 23.2. The third kappa shape index (κ3) is 6.44. The van der Waals surface area contributed by atoms with Crippen LogP contribution in [-0.2, 0) is 24.6 Å². The van der Waals surface area contributed by atoms with Gasteiger partial charge in [-0.1, -0.05) is 36.4 Å². The minimum absolute atomic E-state index is 0.0764. The number of amides is 4. The lowest BCUT2D eigenvalue weighted by atomic mass is 9.95. The van der Waals surface area contributed by atoms with Gasteiger partial charge in [0.05, 0.1) is 12.5 Å². The number of likely N-dealkylation sites (tertiary alicyclic amines) is 1. The second kappa shape index (κ2) is 13.0. The fourth-order valence-electron chi connectivity index (χ4n) is 7.19. The zero-order valence-electron chi connectivity index (χ0n) is 26.5. The van der Waals surface area contributed by atoms with E-state index in [4.69, 9.17) is 16.4 Å². The van der Waals surface area contributed by atoms with Crippen LogP contribution in [0.25, 0.3) is 15.7 Å². The minimum atomic E-state index is -5.82. The molecule has 3 aliphatic rings. The quantitative estimate of drug-likeness (QED) is 0.227. The molecule has 0 radical (unpaired) electrons. The van der Waals surface area contributed by atoms with Gasteiger partial charge in [0.1, 0.15) is 17.8 Å². The normalized spacial score (nSPS) is 24.7. The monoisotopic (exact) mass is 696 g/mol. The molecule has 4 amide bonds. The lowest BCUT2D eigenvalue weighted by molar-refractivity contribution is -0.148. The van der Waals surface area contributed by atoms with E-state index in [1.54, 1.807) is 4.90 Å². The van der Waals surface area contributed by atoms with Crippen LogP contribution in [0.2, 0.25) is 0 Å². The smallest absolute Gasteiger partial charge is 0.351 e.